The Balaban J connectivity index is 1.56. The van der Waals surface area contributed by atoms with E-state index in [4.69, 9.17) is 0 Å². The van der Waals surface area contributed by atoms with E-state index in [1.165, 1.54) is 24.6 Å². The number of anilines is 1. The molecule has 0 aromatic heterocycles. The van der Waals surface area contributed by atoms with Gasteiger partial charge in [0.15, 0.2) is 5.17 Å². The molecule has 2 amide bonds. The van der Waals surface area contributed by atoms with Gasteiger partial charge in [0.1, 0.15) is 5.25 Å². The highest BCUT2D eigenvalue weighted by Gasteiger charge is 2.32. The van der Waals surface area contributed by atoms with Gasteiger partial charge in [-0.25, -0.2) is 0 Å². The maximum atomic E-state index is 12.2. The minimum absolute atomic E-state index is 0.131. The van der Waals surface area contributed by atoms with Crippen LogP contribution in [0.2, 0.25) is 0 Å². The normalized spacial score (nSPS) is 23.3. The lowest BCUT2D eigenvalue weighted by Gasteiger charge is -2.08. The van der Waals surface area contributed by atoms with Crippen molar-refractivity contribution in [2.45, 2.75) is 43.4 Å². The molecule has 2 aliphatic rings. The van der Waals surface area contributed by atoms with Crippen LogP contribution in [0.15, 0.2) is 33.7 Å². The van der Waals surface area contributed by atoms with Crippen molar-refractivity contribution in [3.63, 3.8) is 0 Å². The van der Waals surface area contributed by atoms with Crippen molar-refractivity contribution < 1.29 is 9.59 Å². The smallest absolute Gasteiger partial charge is 0.240 e. The number of hydrogen-bond acceptors (Lipinski definition) is 4. The van der Waals surface area contributed by atoms with Gasteiger partial charge in [-0.05, 0) is 40.9 Å². The first kappa shape index (κ1) is 16.5. The number of halogens is 1. The van der Waals surface area contributed by atoms with Crippen molar-refractivity contribution in [2.75, 3.05) is 5.32 Å². The van der Waals surface area contributed by atoms with Gasteiger partial charge >= 0.3 is 0 Å². The van der Waals surface area contributed by atoms with Gasteiger partial charge in [0, 0.05) is 10.9 Å². The maximum Gasteiger partial charge on any atom is 0.240 e. The second-order valence-corrected chi connectivity index (χ2v) is 7.75. The van der Waals surface area contributed by atoms with Gasteiger partial charge in [-0.3, -0.25) is 14.6 Å². The van der Waals surface area contributed by atoms with Gasteiger partial charge in [-0.2, -0.15) is 0 Å². The topological polar surface area (TPSA) is 70.6 Å². The standard InChI is InChI=1S/C16H18BrN3O2S/c17-11-7-3-4-8-12(11)19-14(21)9-13-15(22)20-16(23-13)18-10-5-1-2-6-10/h3-4,7-8,10,13H,1-2,5-6,9H2,(H,19,21)(H,18,20,22). The number of amidine groups is 1. The van der Waals surface area contributed by atoms with Crippen LogP contribution in [-0.2, 0) is 9.59 Å². The number of hydrogen-bond donors (Lipinski definition) is 2. The van der Waals surface area contributed by atoms with Gasteiger partial charge in [-0.1, -0.05) is 36.7 Å². The molecule has 0 radical (unpaired) electrons. The fourth-order valence-electron chi connectivity index (χ4n) is 2.73. The van der Waals surface area contributed by atoms with Crippen molar-refractivity contribution >= 4 is 50.4 Å². The summed E-state index contributed by atoms with van der Waals surface area (Å²) in [4.78, 5) is 28.8. The molecule has 122 valence electrons. The van der Waals surface area contributed by atoms with Crippen LogP contribution < -0.4 is 10.6 Å². The van der Waals surface area contributed by atoms with E-state index >= 15 is 0 Å². The molecule has 2 fully saturated rings. The zero-order valence-corrected chi connectivity index (χ0v) is 15.0. The van der Waals surface area contributed by atoms with Gasteiger partial charge in [0.2, 0.25) is 11.8 Å². The number of carbonyl (C=O) groups excluding carboxylic acids is 2. The first-order chi connectivity index (χ1) is 11.1. The molecular weight excluding hydrogens is 378 g/mol. The molecule has 0 bridgehead atoms. The number of benzene rings is 1. The molecule has 1 unspecified atom stereocenters. The summed E-state index contributed by atoms with van der Waals surface area (Å²) in [7, 11) is 0. The molecule has 5 nitrogen and oxygen atoms in total. The monoisotopic (exact) mass is 395 g/mol. The molecule has 1 aliphatic heterocycles. The average molecular weight is 396 g/mol. The fraction of sp³-hybridized carbons (Fsp3) is 0.438. The minimum Gasteiger partial charge on any atom is -0.325 e. The zero-order chi connectivity index (χ0) is 16.2. The quantitative estimate of drug-likeness (QED) is 0.821. The summed E-state index contributed by atoms with van der Waals surface area (Å²) >= 11 is 4.75. The number of nitrogens with one attached hydrogen (secondary N) is 2. The number of rotatable bonds is 4. The molecule has 7 heteroatoms. The molecule has 2 N–H and O–H groups in total. The van der Waals surface area contributed by atoms with Crippen LogP contribution in [0.1, 0.15) is 32.1 Å². The molecule has 1 heterocycles. The second-order valence-electron chi connectivity index (χ2n) is 5.70. The number of para-hydroxylation sites is 1. The first-order valence-electron chi connectivity index (χ1n) is 7.71. The highest BCUT2D eigenvalue weighted by atomic mass is 79.9. The Morgan fingerprint density at radius 2 is 2.09 bits per heavy atom. The lowest BCUT2D eigenvalue weighted by atomic mass is 10.2. The van der Waals surface area contributed by atoms with Gasteiger partial charge in [-0.15, -0.1) is 0 Å². The van der Waals surface area contributed by atoms with E-state index in [0.717, 1.165) is 17.3 Å². The van der Waals surface area contributed by atoms with Crippen LogP contribution in [-0.4, -0.2) is 28.3 Å². The zero-order valence-electron chi connectivity index (χ0n) is 12.5. The summed E-state index contributed by atoms with van der Waals surface area (Å²) in [5, 5.41) is 5.89. The van der Waals surface area contributed by atoms with E-state index in [1.807, 2.05) is 24.3 Å². The average Bonchev–Trinajstić information content (AvgIpc) is 3.12. The lowest BCUT2D eigenvalue weighted by Crippen LogP contribution is -2.28. The van der Waals surface area contributed by atoms with Crippen LogP contribution in [0.4, 0.5) is 5.69 Å². The Bertz CT molecular complexity index is 644. The van der Waals surface area contributed by atoms with E-state index in [2.05, 4.69) is 31.6 Å². The SMILES string of the molecule is O=C(CC1SC(=NC2CCCC2)NC1=O)Nc1ccccc1Br. The summed E-state index contributed by atoms with van der Waals surface area (Å²) in [5.41, 5.74) is 0.709. The summed E-state index contributed by atoms with van der Waals surface area (Å²) < 4.78 is 0.820. The number of carbonyl (C=O) groups is 2. The Hall–Kier alpha value is -1.34. The molecule has 1 aliphatic carbocycles. The summed E-state index contributed by atoms with van der Waals surface area (Å²) in [5.74, 6) is -0.305. The number of nitrogens with zero attached hydrogens (tertiary/aromatic N) is 1. The van der Waals surface area contributed by atoms with Gasteiger partial charge < -0.3 is 10.6 Å². The predicted octanol–water partition coefficient (Wildman–Crippen LogP) is 3.31. The highest BCUT2D eigenvalue weighted by molar-refractivity contribution is 9.10. The number of amides is 2. The van der Waals surface area contributed by atoms with Crippen LogP contribution >= 0.6 is 27.7 Å². The van der Waals surface area contributed by atoms with Gasteiger partial charge in [0.05, 0.1) is 11.7 Å². The fourth-order valence-corrected chi connectivity index (χ4v) is 4.16. The molecule has 1 aromatic rings. The second kappa shape index (κ2) is 7.49. The number of thioether (sulfide) groups is 1. The van der Waals surface area contributed by atoms with E-state index < -0.39 is 5.25 Å². The van der Waals surface area contributed by atoms with Crippen LogP contribution in [0.3, 0.4) is 0 Å². The number of aliphatic imine (C=N–C) groups is 1. The Morgan fingerprint density at radius 3 is 2.83 bits per heavy atom. The molecule has 3 rings (SSSR count). The highest BCUT2D eigenvalue weighted by Crippen LogP contribution is 2.27. The molecule has 1 aromatic carbocycles. The van der Waals surface area contributed by atoms with E-state index in [9.17, 15) is 9.59 Å². The molecule has 0 spiro atoms. The third-order valence-corrected chi connectivity index (χ3v) is 5.71. The van der Waals surface area contributed by atoms with Crippen molar-refractivity contribution in [3.8, 4) is 0 Å². The Morgan fingerprint density at radius 1 is 1.35 bits per heavy atom. The van der Waals surface area contributed by atoms with E-state index in [0.29, 0.717) is 16.9 Å². The predicted molar refractivity (Wildman–Crippen MR) is 96.6 cm³/mol. The minimum atomic E-state index is -0.405. The third kappa shape index (κ3) is 4.35. The Labute approximate surface area is 147 Å². The lowest BCUT2D eigenvalue weighted by molar-refractivity contribution is -0.122. The third-order valence-electron chi connectivity index (χ3n) is 3.92. The van der Waals surface area contributed by atoms with Crippen molar-refractivity contribution in [1.82, 2.24) is 5.32 Å². The largest absolute Gasteiger partial charge is 0.325 e. The molecular formula is C16H18BrN3O2S. The molecule has 23 heavy (non-hydrogen) atoms. The van der Waals surface area contributed by atoms with Crippen molar-refractivity contribution in [2.24, 2.45) is 4.99 Å². The van der Waals surface area contributed by atoms with Gasteiger partial charge in [0.25, 0.3) is 0 Å². The van der Waals surface area contributed by atoms with Crippen molar-refractivity contribution in [1.29, 1.82) is 0 Å². The Kier molecular flexibility index (Phi) is 5.38. The van der Waals surface area contributed by atoms with Crippen molar-refractivity contribution in [3.05, 3.63) is 28.7 Å². The van der Waals surface area contributed by atoms with E-state index in [1.54, 1.807) is 0 Å². The molecule has 1 atom stereocenters. The summed E-state index contributed by atoms with van der Waals surface area (Å²) in [6.45, 7) is 0. The molecule has 1 saturated carbocycles. The van der Waals surface area contributed by atoms with Crippen LogP contribution in [0, 0.1) is 0 Å². The molecule has 1 saturated heterocycles. The first-order valence-corrected chi connectivity index (χ1v) is 9.39. The van der Waals surface area contributed by atoms with Crippen LogP contribution in [0.25, 0.3) is 0 Å². The maximum absolute atomic E-state index is 12.2. The summed E-state index contributed by atoms with van der Waals surface area (Å²) in [6, 6.07) is 7.73. The van der Waals surface area contributed by atoms with E-state index in [-0.39, 0.29) is 18.2 Å². The van der Waals surface area contributed by atoms with Crippen LogP contribution in [0.5, 0.6) is 0 Å². The summed E-state index contributed by atoms with van der Waals surface area (Å²) in [6.07, 6.45) is 4.73.